The van der Waals surface area contributed by atoms with E-state index in [-0.39, 0.29) is 0 Å². The van der Waals surface area contributed by atoms with Crippen LogP contribution in [0.3, 0.4) is 0 Å². The first-order chi connectivity index (χ1) is 10.3. The average molecular weight is 290 g/mol. The molecule has 21 heavy (non-hydrogen) atoms. The maximum atomic E-state index is 4.55. The van der Waals surface area contributed by atoms with Gasteiger partial charge in [0.15, 0.2) is 0 Å². The fourth-order valence-corrected chi connectivity index (χ4v) is 4.24. The fraction of sp³-hybridized carbons (Fsp3) is 0.824. The third kappa shape index (κ3) is 3.49. The Hall–Kier alpha value is -0.870. The number of rotatable bonds is 5. The van der Waals surface area contributed by atoms with E-state index in [4.69, 9.17) is 0 Å². The van der Waals surface area contributed by atoms with Gasteiger partial charge in [-0.25, -0.2) is 0 Å². The molecule has 1 aromatic heterocycles. The Kier molecular flexibility index (Phi) is 4.96. The molecule has 2 N–H and O–H groups in total. The molecule has 0 aromatic carbocycles. The van der Waals surface area contributed by atoms with Crippen molar-refractivity contribution in [3.63, 3.8) is 0 Å². The molecule has 3 unspecified atom stereocenters. The molecular weight excluding hydrogens is 260 g/mol. The van der Waals surface area contributed by atoms with E-state index >= 15 is 0 Å². The molecule has 1 aliphatic carbocycles. The Morgan fingerprint density at radius 3 is 2.95 bits per heavy atom. The van der Waals surface area contributed by atoms with Crippen molar-refractivity contribution >= 4 is 0 Å². The summed E-state index contributed by atoms with van der Waals surface area (Å²) in [6, 6.07) is 1.43. The molecule has 0 spiro atoms. The standard InChI is InChI=1S/C17H30N4/c1-3-15-13(12-21(2)20-15)11-19-17-9-6-7-14(17)16-8-4-5-10-18-16/h12,14,16-19H,3-11H2,1-2H3. The second-order valence-corrected chi connectivity index (χ2v) is 6.77. The van der Waals surface area contributed by atoms with E-state index < -0.39 is 0 Å². The lowest BCUT2D eigenvalue weighted by Crippen LogP contribution is -2.46. The van der Waals surface area contributed by atoms with Crippen LogP contribution >= 0.6 is 0 Å². The predicted octanol–water partition coefficient (Wildman–Crippen LogP) is 2.38. The molecular formula is C17H30N4. The van der Waals surface area contributed by atoms with E-state index in [2.05, 4.69) is 28.9 Å². The average Bonchev–Trinajstić information content (AvgIpc) is 3.12. The molecule has 118 valence electrons. The number of hydrogen-bond acceptors (Lipinski definition) is 3. The van der Waals surface area contributed by atoms with Crippen molar-refractivity contribution in [3.8, 4) is 0 Å². The second-order valence-electron chi connectivity index (χ2n) is 6.77. The smallest absolute Gasteiger partial charge is 0.0666 e. The molecule has 1 aliphatic heterocycles. The Morgan fingerprint density at radius 2 is 2.19 bits per heavy atom. The van der Waals surface area contributed by atoms with Crippen LogP contribution in [0.25, 0.3) is 0 Å². The van der Waals surface area contributed by atoms with Crippen LogP contribution in [0.4, 0.5) is 0 Å². The maximum Gasteiger partial charge on any atom is 0.0666 e. The normalized spacial score (nSPS) is 29.9. The van der Waals surface area contributed by atoms with E-state index in [9.17, 15) is 0 Å². The fourth-order valence-electron chi connectivity index (χ4n) is 4.24. The molecule has 4 heteroatoms. The lowest BCUT2D eigenvalue weighted by Gasteiger charge is -2.33. The maximum absolute atomic E-state index is 4.55. The number of nitrogens with one attached hydrogen (secondary N) is 2. The van der Waals surface area contributed by atoms with E-state index in [1.165, 1.54) is 56.3 Å². The molecule has 2 aliphatic rings. The number of piperidine rings is 1. The molecule has 3 rings (SSSR count). The van der Waals surface area contributed by atoms with Crippen LogP contribution in [0.2, 0.25) is 0 Å². The molecule has 2 heterocycles. The molecule has 1 saturated heterocycles. The SMILES string of the molecule is CCc1nn(C)cc1CNC1CCCC1C1CCCCN1. The minimum Gasteiger partial charge on any atom is -0.314 e. The molecule has 4 nitrogen and oxygen atoms in total. The number of aryl methyl sites for hydroxylation is 2. The lowest BCUT2D eigenvalue weighted by molar-refractivity contribution is 0.256. The van der Waals surface area contributed by atoms with Gasteiger partial charge in [0, 0.05) is 37.4 Å². The van der Waals surface area contributed by atoms with Gasteiger partial charge in [-0.3, -0.25) is 4.68 Å². The Morgan fingerprint density at radius 1 is 1.29 bits per heavy atom. The van der Waals surface area contributed by atoms with Crippen molar-refractivity contribution in [1.82, 2.24) is 20.4 Å². The highest BCUT2D eigenvalue weighted by atomic mass is 15.3. The van der Waals surface area contributed by atoms with Crippen molar-refractivity contribution in [2.24, 2.45) is 13.0 Å². The van der Waals surface area contributed by atoms with Crippen molar-refractivity contribution in [1.29, 1.82) is 0 Å². The summed E-state index contributed by atoms with van der Waals surface area (Å²) in [5.41, 5.74) is 2.62. The summed E-state index contributed by atoms with van der Waals surface area (Å²) in [5.74, 6) is 0.826. The summed E-state index contributed by atoms with van der Waals surface area (Å²) in [6.07, 6.45) is 11.4. The van der Waals surface area contributed by atoms with Gasteiger partial charge in [-0.1, -0.05) is 19.8 Å². The molecule has 1 aromatic rings. The Balaban J connectivity index is 1.58. The summed E-state index contributed by atoms with van der Waals surface area (Å²) in [5, 5.41) is 12.1. The number of nitrogens with zero attached hydrogens (tertiary/aromatic N) is 2. The first kappa shape index (κ1) is 15.0. The first-order valence-electron chi connectivity index (χ1n) is 8.76. The van der Waals surface area contributed by atoms with Crippen molar-refractivity contribution in [2.45, 2.75) is 70.5 Å². The van der Waals surface area contributed by atoms with Crippen molar-refractivity contribution < 1.29 is 0 Å². The molecule has 0 radical (unpaired) electrons. The summed E-state index contributed by atoms with van der Waals surface area (Å²) >= 11 is 0. The largest absolute Gasteiger partial charge is 0.314 e. The molecule has 0 amide bonds. The van der Waals surface area contributed by atoms with Crippen LogP contribution in [0.1, 0.15) is 56.7 Å². The van der Waals surface area contributed by atoms with Crippen LogP contribution < -0.4 is 10.6 Å². The van der Waals surface area contributed by atoms with Crippen LogP contribution in [-0.4, -0.2) is 28.4 Å². The minimum atomic E-state index is 0.686. The third-order valence-corrected chi connectivity index (χ3v) is 5.32. The Labute approximate surface area is 128 Å². The van der Waals surface area contributed by atoms with E-state index in [0.717, 1.165) is 24.9 Å². The molecule has 3 atom stereocenters. The third-order valence-electron chi connectivity index (χ3n) is 5.32. The van der Waals surface area contributed by atoms with Crippen LogP contribution in [0.5, 0.6) is 0 Å². The predicted molar refractivity (Wildman–Crippen MR) is 86.2 cm³/mol. The molecule has 2 fully saturated rings. The van der Waals surface area contributed by atoms with Gasteiger partial charge in [0.1, 0.15) is 0 Å². The minimum absolute atomic E-state index is 0.686. The number of hydrogen-bond donors (Lipinski definition) is 2. The van der Waals surface area contributed by atoms with Gasteiger partial charge in [0.25, 0.3) is 0 Å². The highest BCUT2D eigenvalue weighted by Gasteiger charge is 2.33. The quantitative estimate of drug-likeness (QED) is 0.875. The van der Waals surface area contributed by atoms with E-state index in [1.54, 1.807) is 0 Å². The monoisotopic (exact) mass is 290 g/mol. The Bertz CT molecular complexity index is 448. The van der Waals surface area contributed by atoms with Crippen LogP contribution in [-0.2, 0) is 20.0 Å². The van der Waals surface area contributed by atoms with Gasteiger partial charge < -0.3 is 10.6 Å². The molecule has 0 bridgehead atoms. The highest BCUT2D eigenvalue weighted by molar-refractivity contribution is 5.17. The summed E-state index contributed by atoms with van der Waals surface area (Å²) in [7, 11) is 2.02. The van der Waals surface area contributed by atoms with Crippen molar-refractivity contribution in [2.75, 3.05) is 6.54 Å². The van der Waals surface area contributed by atoms with Gasteiger partial charge in [0.05, 0.1) is 5.69 Å². The zero-order valence-corrected chi connectivity index (χ0v) is 13.6. The topological polar surface area (TPSA) is 41.9 Å². The van der Waals surface area contributed by atoms with Gasteiger partial charge in [-0.05, 0) is 44.6 Å². The second kappa shape index (κ2) is 6.93. The lowest BCUT2D eigenvalue weighted by atomic mass is 9.88. The van der Waals surface area contributed by atoms with Gasteiger partial charge in [-0.2, -0.15) is 5.10 Å². The van der Waals surface area contributed by atoms with Crippen LogP contribution in [0.15, 0.2) is 6.20 Å². The summed E-state index contributed by atoms with van der Waals surface area (Å²) < 4.78 is 1.95. The van der Waals surface area contributed by atoms with Crippen molar-refractivity contribution in [3.05, 3.63) is 17.5 Å². The molecule has 1 saturated carbocycles. The van der Waals surface area contributed by atoms with E-state index in [1.807, 2.05) is 11.7 Å². The number of aromatic nitrogens is 2. The highest BCUT2D eigenvalue weighted by Crippen LogP contribution is 2.32. The first-order valence-corrected chi connectivity index (χ1v) is 8.76. The van der Waals surface area contributed by atoms with E-state index in [0.29, 0.717) is 6.04 Å². The summed E-state index contributed by atoms with van der Waals surface area (Å²) in [4.78, 5) is 0. The van der Waals surface area contributed by atoms with Crippen LogP contribution in [0, 0.1) is 5.92 Å². The zero-order chi connectivity index (χ0) is 14.7. The summed E-state index contributed by atoms with van der Waals surface area (Å²) in [6.45, 7) is 4.39. The van der Waals surface area contributed by atoms with Gasteiger partial charge >= 0.3 is 0 Å². The zero-order valence-electron chi connectivity index (χ0n) is 13.6. The van der Waals surface area contributed by atoms with Gasteiger partial charge in [-0.15, -0.1) is 0 Å². The van der Waals surface area contributed by atoms with Gasteiger partial charge in [0.2, 0.25) is 0 Å².